The van der Waals surface area contributed by atoms with E-state index in [9.17, 15) is 19.1 Å². The molecule has 4 N–H and O–H groups in total. The lowest BCUT2D eigenvalue weighted by molar-refractivity contribution is -0.116. The molecule has 2 heterocycles. The summed E-state index contributed by atoms with van der Waals surface area (Å²) in [5.41, 5.74) is 0.175. The van der Waals surface area contributed by atoms with Gasteiger partial charge in [0.2, 0.25) is 5.91 Å². The molecule has 1 aliphatic heterocycles. The normalized spacial score (nSPS) is 17.3. The van der Waals surface area contributed by atoms with Crippen molar-refractivity contribution in [2.45, 2.75) is 31.8 Å². The zero-order valence-corrected chi connectivity index (χ0v) is 14.8. The fourth-order valence-corrected chi connectivity index (χ4v) is 2.99. The van der Waals surface area contributed by atoms with E-state index in [2.05, 4.69) is 22.1 Å². The summed E-state index contributed by atoms with van der Waals surface area (Å²) in [5, 5.41) is 19.9. The van der Waals surface area contributed by atoms with E-state index in [4.69, 9.17) is 5.41 Å². The zero-order chi connectivity index (χ0) is 19.8. The van der Waals surface area contributed by atoms with Crippen molar-refractivity contribution in [2.75, 3.05) is 5.32 Å². The number of carbonyl (C=O) groups excluding carboxylic acids is 2. The number of amides is 1. The molecule has 0 aliphatic carbocycles. The standard InChI is InChI=1S/C20H18FN3O3/c1-11(25)12-9-16(23-10-12)18-17-13(5-6-20(2,27)7-8-22)14(21)3-4-15(17)24-19(18)26/h3-4,8-10,18,22-23,27H,7H2,1-2H3,(H,24,26). The SMILES string of the molecule is CC(=O)c1c[nH]c(C2C(=O)Nc3ccc(F)c(C#CC(C)(O)CC=N)c32)c1. The molecule has 2 atom stereocenters. The van der Waals surface area contributed by atoms with E-state index in [1.165, 1.54) is 32.2 Å². The molecule has 138 valence electrons. The second-order valence-corrected chi connectivity index (χ2v) is 6.64. The molecule has 1 aliphatic rings. The number of fused-ring (bicyclic) bond motifs is 1. The maximum absolute atomic E-state index is 14.5. The van der Waals surface area contributed by atoms with Crippen LogP contribution in [0.2, 0.25) is 0 Å². The van der Waals surface area contributed by atoms with Crippen molar-refractivity contribution >= 4 is 23.6 Å². The largest absolute Gasteiger partial charge is 0.378 e. The van der Waals surface area contributed by atoms with E-state index in [1.807, 2.05) is 0 Å². The molecular formula is C20H18FN3O3. The number of benzene rings is 1. The number of anilines is 1. The van der Waals surface area contributed by atoms with E-state index >= 15 is 0 Å². The minimum Gasteiger partial charge on any atom is -0.378 e. The predicted octanol–water partition coefficient (Wildman–Crippen LogP) is 2.58. The van der Waals surface area contributed by atoms with Crippen molar-refractivity contribution < 1.29 is 19.1 Å². The molecule has 0 radical (unpaired) electrons. The molecule has 1 aromatic carbocycles. The van der Waals surface area contributed by atoms with Crippen LogP contribution in [0.3, 0.4) is 0 Å². The summed E-state index contributed by atoms with van der Waals surface area (Å²) in [6.07, 6.45) is 2.52. The van der Waals surface area contributed by atoms with Crippen molar-refractivity contribution in [3.8, 4) is 11.8 Å². The second kappa shape index (κ2) is 6.82. The molecule has 0 fully saturated rings. The number of aliphatic hydroxyl groups is 1. The van der Waals surface area contributed by atoms with Gasteiger partial charge in [-0.3, -0.25) is 9.59 Å². The van der Waals surface area contributed by atoms with Gasteiger partial charge in [-0.1, -0.05) is 11.8 Å². The number of hydrogen-bond donors (Lipinski definition) is 4. The highest BCUT2D eigenvalue weighted by Gasteiger charge is 2.36. The number of H-pyrrole nitrogens is 1. The number of Topliss-reactive ketones (excluding diaryl/α,β-unsaturated/α-hetero) is 1. The summed E-state index contributed by atoms with van der Waals surface area (Å²) < 4.78 is 14.5. The lowest BCUT2D eigenvalue weighted by Gasteiger charge is -2.13. The Hall–Kier alpha value is -3.24. The lowest BCUT2D eigenvalue weighted by Crippen LogP contribution is -2.21. The van der Waals surface area contributed by atoms with E-state index in [1.54, 1.807) is 6.07 Å². The topological polar surface area (TPSA) is 106 Å². The van der Waals surface area contributed by atoms with Gasteiger partial charge in [-0.05, 0) is 38.3 Å². The molecule has 0 saturated heterocycles. The van der Waals surface area contributed by atoms with Crippen LogP contribution < -0.4 is 5.32 Å². The number of rotatable bonds is 4. The molecule has 1 amide bonds. The number of carbonyl (C=O) groups is 2. The van der Waals surface area contributed by atoms with Gasteiger partial charge in [-0.25, -0.2) is 4.39 Å². The van der Waals surface area contributed by atoms with E-state index < -0.39 is 17.3 Å². The number of ketones is 1. The molecule has 6 nitrogen and oxygen atoms in total. The molecule has 0 bridgehead atoms. The molecule has 0 saturated carbocycles. The van der Waals surface area contributed by atoms with Crippen LogP contribution in [0.4, 0.5) is 10.1 Å². The summed E-state index contributed by atoms with van der Waals surface area (Å²) in [5.74, 6) is 3.23. The van der Waals surface area contributed by atoms with E-state index in [-0.39, 0.29) is 23.7 Å². The Morgan fingerprint density at radius 2 is 2.22 bits per heavy atom. The van der Waals surface area contributed by atoms with Gasteiger partial charge in [-0.15, -0.1) is 0 Å². The maximum atomic E-state index is 14.5. The Bertz CT molecular complexity index is 1010. The van der Waals surface area contributed by atoms with Crippen molar-refractivity contribution in [2.24, 2.45) is 0 Å². The van der Waals surface area contributed by atoms with Gasteiger partial charge in [0, 0.05) is 35.1 Å². The van der Waals surface area contributed by atoms with Crippen LogP contribution in [-0.2, 0) is 4.79 Å². The van der Waals surface area contributed by atoms with Crippen LogP contribution in [0.25, 0.3) is 0 Å². The third-order valence-electron chi connectivity index (χ3n) is 4.38. The smallest absolute Gasteiger partial charge is 0.238 e. The fraction of sp³-hybridized carbons (Fsp3) is 0.250. The second-order valence-electron chi connectivity index (χ2n) is 6.64. The van der Waals surface area contributed by atoms with Crippen LogP contribution in [-0.4, -0.2) is 33.6 Å². The van der Waals surface area contributed by atoms with Gasteiger partial charge >= 0.3 is 0 Å². The van der Waals surface area contributed by atoms with Crippen LogP contribution in [0.5, 0.6) is 0 Å². The molecular weight excluding hydrogens is 349 g/mol. The van der Waals surface area contributed by atoms with Gasteiger partial charge in [0.15, 0.2) is 5.78 Å². The van der Waals surface area contributed by atoms with Gasteiger partial charge in [0.25, 0.3) is 0 Å². The van der Waals surface area contributed by atoms with Crippen LogP contribution >= 0.6 is 0 Å². The Morgan fingerprint density at radius 3 is 2.85 bits per heavy atom. The van der Waals surface area contributed by atoms with Crippen LogP contribution in [0, 0.1) is 23.1 Å². The van der Waals surface area contributed by atoms with Crippen molar-refractivity contribution in [3.05, 3.63) is 52.6 Å². The van der Waals surface area contributed by atoms with Crippen molar-refractivity contribution in [1.29, 1.82) is 5.41 Å². The number of aromatic amines is 1. The van der Waals surface area contributed by atoms with Crippen molar-refractivity contribution in [1.82, 2.24) is 4.98 Å². The third-order valence-corrected chi connectivity index (χ3v) is 4.38. The highest BCUT2D eigenvalue weighted by molar-refractivity contribution is 6.06. The van der Waals surface area contributed by atoms with Gasteiger partial charge < -0.3 is 20.8 Å². The monoisotopic (exact) mass is 367 g/mol. The molecule has 27 heavy (non-hydrogen) atoms. The number of halogens is 1. The Labute approximate surface area is 155 Å². The summed E-state index contributed by atoms with van der Waals surface area (Å²) in [6.45, 7) is 2.84. The minimum absolute atomic E-state index is 0.0000746. The average molecular weight is 367 g/mol. The predicted molar refractivity (Wildman–Crippen MR) is 98.6 cm³/mol. The van der Waals surface area contributed by atoms with E-state index in [0.29, 0.717) is 22.5 Å². The van der Waals surface area contributed by atoms with Gasteiger partial charge in [-0.2, -0.15) is 0 Å². The quantitative estimate of drug-likeness (QED) is 0.379. The van der Waals surface area contributed by atoms with Gasteiger partial charge in [0.1, 0.15) is 17.3 Å². The summed E-state index contributed by atoms with van der Waals surface area (Å²) in [4.78, 5) is 27.0. The van der Waals surface area contributed by atoms with Gasteiger partial charge in [0.05, 0.1) is 5.56 Å². The number of aromatic nitrogens is 1. The summed E-state index contributed by atoms with van der Waals surface area (Å²) >= 11 is 0. The van der Waals surface area contributed by atoms with E-state index in [0.717, 1.165) is 6.21 Å². The Morgan fingerprint density at radius 1 is 1.48 bits per heavy atom. The number of hydrogen-bond acceptors (Lipinski definition) is 4. The molecule has 2 unspecified atom stereocenters. The Kier molecular flexibility index (Phi) is 4.68. The molecule has 2 aromatic rings. The highest BCUT2D eigenvalue weighted by Crippen LogP contribution is 2.40. The molecule has 3 rings (SSSR count). The first-order chi connectivity index (χ1) is 12.7. The molecule has 0 spiro atoms. The lowest BCUT2D eigenvalue weighted by atomic mass is 9.91. The molecule has 1 aromatic heterocycles. The first kappa shape index (κ1) is 18.5. The van der Waals surface area contributed by atoms with Crippen LogP contribution in [0.1, 0.15) is 53.4 Å². The first-order valence-electron chi connectivity index (χ1n) is 8.30. The fourth-order valence-electron chi connectivity index (χ4n) is 2.99. The maximum Gasteiger partial charge on any atom is 0.238 e. The average Bonchev–Trinajstić information content (AvgIpc) is 3.18. The third kappa shape index (κ3) is 3.52. The summed E-state index contributed by atoms with van der Waals surface area (Å²) in [7, 11) is 0. The minimum atomic E-state index is -1.49. The highest BCUT2D eigenvalue weighted by atomic mass is 19.1. The zero-order valence-electron chi connectivity index (χ0n) is 14.8. The van der Waals surface area contributed by atoms with Crippen LogP contribution in [0.15, 0.2) is 24.4 Å². The molecule has 7 heteroatoms. The number of nitrogens with one attached hydrogen (secondary N) is 3. The summed E-state index contributed by atoms with van der Waals surface area (Å²) in [6, 6.07) is 4.22. The Balaban J connectivity index is 2.13. The van der Waals surface area contributed by atoms with Crippen molar-refractivity contribution in [3.63, 3.8) is 0 Å². The first-order valence-corrected chi connectivity index (χ1v) is 8.30.